The van der Waals surface area contributed by atoms with Crippen LogP contribution in [0.4, 0.5) is 5.82 Å². The zero-order valence-electron chi connectivity index (χ0n) is 13.8. The lowest BCUT2D eigenvalue weighted by Crippen LogP contribution is -2.26. The molecule has 2 amide bonds. The van der Waals surface area contributed by atoms with Gasteiger partial charge in [-0.15, -0.1) is 0 Å². The maximum Gasteiger partial charge on any atom is 0.269 e. The number of anilines is 1. The summed E-state index contributed by atoms with van der Waals surface area (Å²) in [6.07, 6.45) is 0.166. The lowest BCUT2D eigenvalue weighted by atomic mass is 9.89. The quantitative estimate of drug-likeness (QED) is 0.659. The summed E-state index contributed by atoms with van der Waals surface area (Å²) in [7, 11) is 1.54. The minimum absolute atomic E-state index is 0.166. The van der Waals surface area contributed by atoms with Gasteiger partial charge in [0.2, 0.25) is 5.91 Å². The van der Waals surface area contributed by atoms with Gasteiger partial charge in [0.1, 0.15) is 17.2 Å². The van der Waals surface area contributed by atoms with Crippen LogP contribution in [-0.4, -0.2) is 29.1 Å². The Morgan fingerprint density at radius 3 is 2.96 bits per heavy atom. The van der Waals surface area contributed by atoms with Gasteiger partial charge in [0.15, 0.2) is 5.82 Å². The average Bonchev–Trinajstić information content (AvgIpc) is 3.27. The van der Waals surface area contributed by atoms with E-state index >= 15 is 0 Å². The molecule has 1 aliphatic rings. The van der Waals surface area contributed by atoms with Crippen LogP contribution in [0, 0.1) is 0 Å². The van der Waals surface area contributed by atoms with Crippen molar-refractivity contribution in [2.45, 2.75) is 12.3 Å². The van der Waals surface area contributed by atoms with Crippen molar-refractivity contribution >= 4 is 29.2 Å². The monoisotopic (exact) mass is 370 g/mol. The standard InChI is InChI=1S/C18H15ClN4O3/c1-20-18(25)16-15-11(8-14(24)21-17(15)23-22-16)13-6-5-12(26-13)9-3-2-4-10(19)7-9/h2-7,11H,8H2,1H3,(H,20,25)(H2,21,22,23,24)/t11-/m0/s1. The first kappa shape index (κ1) is 16.4. The maximum absolute atomic E-state index is 12.1. The van der Waals surface area contributed by atoms with E-state index in [-0.39, 0.29) is 18.2 Å². The number of furan rings is 1. The van der Waals surface area contributed by atoms with Crippen LogP contribution in [0.2, 0.25) is 5.02 Å². The van der Waals surface area contributed by atoms with Crippen LogP contribution in [0.25, 0.3) is 11.3 Å². The predicted octanol–water partition coefficient (Wildman–Crippen LogP) is 3.16. The summed E-state index contributed by atoms with van der Waals surface area (Å²) in [5, 5.41) is 12.6. The summed E-state index contributed by atoms with van der Waals surface area (Å²) >= 11 is 6.04. The van der Waals surface area contributed by atoms with Crippen LogP contribution in [0.1, 0.15) is 34.2 Å². The fourth-order valence-electron chi connectivity index (χ4n) is 3.13. The number of fused-ring (bicyclic) bond motifs is 1. The fraction of sp³-hybridized carbons (Fsp3) is 0.167. The Labute approximate surface area is 153 Å². The first-order chi connectivity index (χ1) is 12.6. The Balaban J connectivity index is 1.77. The molecule has 0 radical (unpaired) electrons. The van der Waals surface area contributed by atoms with Crippen molar-refractivity contribution in [1.29, 1.82) is 0 Å². The average molecular weight is 371 g/mol. The molecule has 0 spiro atoms. The molecule has 1 atom stereocenters. The molecule has 0 aliphatic carbocycles. The number of hydrogen-bond donors (Lipinski definition) is 3. The van der Waals surface area contributed by atoms with Crippen LogP contribution in [0.3, 0.4) is 0 Å². The molecule has 4 rings (SSSR count). The SMILES string of the molecule is CNC(=O)c1[nH]nc2c1[C@H](c1ccc(-c3cccc(Cl)c3)o1)CC(=O)N2. The molecule has 0 bridgehead atoms. The highest BCUT2D eigenvalue weighted by Gasteiger charge is 2.35. The van der Waals surface area contributed by atoms with Crippen molar-refractivity contribution in [2.75, 3.05) is 12.4 Å². The van der Waals surface area contributed by atoms with Crippen LogP contribution in [0.15, 0.2) is 40.8 Å². The number of carbonyl (C=O) groups is 2. The highest BCUT2D eigenvalue weighted by atomic mass is 35.5. The van der Waals surface area contributed by atoms with E-state index in [1.54, 1.807) is 12.1 Å². The van der Waals surface area contributed by atoms with E-state index in [2.05, 4.69) is 20.8 Å². The van der Waals surface area contributed by atoms with Crippen LogP contribution in [0.5, 0.6) is 0 Å². The second-order valence-electron chi connectivity index (χ2n) is 5.96. The molecule has 0 fully saturated rings. The summed E-state index contributed by atoms with van der Waals surface area (Å²) in [4.78, 5) is 24.2. The molecule has 2 aromatic heterocycles. The van der Waals surface area contributed by atoms with Crippen LogP contribution < -0.4 is 10.6 Å². The van der Waals surface area contributed by atoms with Gasteiger partial charge in [-0.1, -0.05) is 23.7 Å². The Morgan fingerprint density at radius 2 is 2.19 bits per heavy atom. The zero-order chi connectivity index (χ0) is 18.3. The minimum atomic E-state index is -0.405. The summed E-state index contributed by atoms with van der Waals surface area (Å²) in [6, 6.07) is 11.0. The molecular weight excluding hydrogens is 356 g/mol. The minimum Gasteiger partial charge on any atom is -0.460 e. The second-order valence-corrected chi connectivity index (χ2v) is 6.39. The van der Waals surface area contributed by atoms with E-state index in [1.807, 2.05) is 24.3 Å². The fourth-order valence-corrected chi connectivity index (χ4v) is 3.32. The second kappa shape index (κ2) is 6.34. The third kappa shape index (κ3) is 2.76. The number of aromatic nitrogens is 2. The summed E-state index contributed by atoms with van der Waals surface area (Å²) in [5.74, 6) is 0.686. The molecule has 3 aromatic rings. The Bertz CT molecular complexity index is 1010. The third-order valence-electron chi connectivity index (χ3n) is 4.33. The number of amides is 2. The number of benzene rings is 1. The van der Waals surface area contributed by atoms with Gasteiger partial charge >= 0.3 is 0 Å². The van der Waals surface area contributed by atoms with Gasteiger partial charge in [-0.2, -0.15) is 5.10 Å². The molecule has 1 aromatic carbocycles. The van der Waals surface area contributed by atoms with Crippen LogP contribution in [-0.2, 0) is 4.79 Å². The molecule has 3 heterocycles. The number of nitrogens with zero attached hydrogens (tertiary/aromatic N) is 1. The normalized spacial score (nSPS) is 16.1. The molecule has 0 saturated heterocycles. The van der Waals surface area contributed by atoms with Crippen molar-refractivity contribution in [1.82, 2.24) is 15.5 Å². The van der Waals surface area contributed by atoms with Gasteiger partial charge in [0.25, 0.3) is 5.91 Å². The summed E-state index contributed by atoms with van der Waals surface area (Å²) in [5.41, 5.74) is 1.77. The van der Waals surface area contributed by atoms with Gasteiger partial charge in [0, 0.05) is 29.6 Å². The Hall–Kier alpha value is -3.06. The summed E-state index contributed by atoms with van der Waals surface area (Å²) in [6.45, 7) is 0. The molecule has 132 valence electrons. The molecule has 3 N–H and O–H groups in total. The summed E-state index contributed by atoms with van der Waals surface area (Å²) < 4.78 is 6.00. The highest BCUT2D eigenvalue weighted by Crippen LogP contribution is 2.40. The molecule has 0 unspecified atom stereocenters. The Kier molecular flexibility index (Phi) is 4.00. The van der Waals surface area contributed by atoms with Crippen molar-refractivity contribution in [3.8, 4) is 11.3 Å². The molecule has 8 heteroatoms. The molecule has 26 heavy (non-hydrogen) atoms. The van der Waals surface area contributed by atoms with Crippen molar-refractivity contribution < 1.29 is 14.0 Å². The molecular formula is C18H15ClN4O3. The molecule has 1 aliphatic heterocycles. The number of nitrogens with one attached hydrogen (secondary N) is 3. The van der Waals surface area contributed by atoms with Gasteiger partial charge < -0.3 is 15.1 Å². The topological polar surface area (TPSA) is 100 Å². The van der Waals surface area contributed by atoms with E-state index in [9.17, 15) is 9.59 Å². The molecule has 7 nitrogen and oxygen atoms in total. The Morgan fingerprint density at radius 1 is 1.35 bits per heavy atom. The lowest BCUT2D eigenvalue weighted by molar-refractivity contribution is -0.116. The van der Waals surface area contributed by atoms with Gasteiger partial charge in [-0.25, -0.2) is 0 Å². The van der Waals surface area contributed by atoms with Gasteiger partial charge in [-0.05, 0) is 24.3 Å². The largest absolute Gasteiger partial charge is 0.460 e. The number of hydrogen-bond acceptors (Lipinski definition) is 4. The smallest absolute Gasteiger partial charge is 0.269 e. The number of H-pyrrole nitrogens is 1. The first-order valence-electron chi connectivity index (χ1n) is 8.02. The van der Waals surface area contributed by atoms with Crippen molar-refractivity contribution in [2.24, 2.45) is 0 Å². The highest BCUT2D eigenvalue weighted by molar-refractivity contribution is 6.30. The van der Waals surface area contributed by atoms with E-state index in [4.69, 9.17) is 16.0 Å². The van der Waals surface area contributed by atoms with E-state index in [0.717, 1.165) is 5.56 Å². The number of carbonyl (C=O) groups excluding carboxylic acids is 2. The maximum atomic E-state index is 12.1. The van der Waals surface area contributed by atoms with E-state index in [1.165, 1.54) is 7.05 Å². The lowest BCUT2D eigenvalue weighted by Gasteiger charge is -2.21. The molecule has 0 saturated carbocycles. The van der Waals surface area contributed by atoms with Gasteiger partial charge in [-0.3, -0.25) is 14.7 Å². The number of halogens is 1. The number of rotatable bonds is 3. The first-order valence-corrected chi connectivity index (χ1v) is 8.40. The van der Waals surface area contributed by atoms with E-state index in [0.29, 0.717) is 33.6 Å². The van der Waals surface area contributed by atoms with E-state index < -0.39 is 5.92 Å². The number of aromatic amines is 1. The van der Waals surface area contributed by atoms with Gasteiger partial charge in [0.05, 0.1) is 5.92 Å². The van der Waals surface area contributed by atoms with Crippen LogP contribution >= 0.6 is 11.6 Å². The predicted molar refractivity (Wildman–Crippen MR) is 96.2 cm³/mol. The van der Waals surface area contributed by atoms with Crippen molar-refractivity contribution in [3.63, 3.8) is 0 Å². The third-order valence-corrected chi connectivity index (χ3v) is 4.57. The van der Waals surface area contributed by atoms with Crippen molar-refractivity contribution in [3.05, 3.63) is 58.4 Å². The zero-order valence-corrected chi connectivity index (χ0v) is 14.6.